The van der Waals surface area contributed by atoms with Crippen molar-refractivity contribution in [1.29, 1.82) is 0 Å². The first-order chi connectivity index (χ1) is 11.2. The molecule has 0 bridgehead atoms. The molecule has 7 heteroatoms. The SMILES string of the molecule is O=C(NO)c1ccc2c(c1)CN(C(=O)OCc1cccnc1)C2. The summed E-state index contributed by atoms with van der Waals surface area (Å²) < 4.78 is 5.27. The lowest BCUT2D eigenvalue weighted by molar-refractivity contribution is 0.0706. The summed E-state index contributed by atoms with van der Waals surface area (Å²) >= 11 is 0. The summed E-state index contributed by atoms with van der Waals surface area (Å²) in [6, 6.07) is 8.65. The summed E-state index contributed by atoms with van der Waals surface area (Å²) in [6.07, 6.45) is 2.88. The van der Waals surface area contributed by atoms with E-state index in [1.54, 1.807) is 47.0 Å². The van der Waals surface area contributed by atoms with E-state index in [-0.39, 0.29) is 6.61 Å². The molecule has 0 spiro atoms. The Kier molecular flexibility index (Phi) is 4.20. The number of aromatic nitrogens is 1. The Morgan fingerprint density at radius 3 is 2.83 bits per heavy atom. The lowest BCUT2D eigenvalue weighted by atomic mass is 10.1. The van der Waals surface area contributed by atoms with Gasteiger partial charge in [0.25, 0.3) is 5.91 Å². The first-order valence-corrected chi connectivity index (χ1v) is 7.04. The number of pyridine rings is 1. The summed E-state index contributed by atoms with van der Waals surface area (Å²) in [5, 5.41) is 8.67. The number of fused-ring (bicyclic) bond motifs is 1. The van der Waals surface area contributed by atoms with Crippen LogP contribution in [0.25, 0.3) is 0 Å². The molecule has 0 aliphatic carbocycles. The van der Waals surface area contributed by atoms with Crippen LogP contribution < -0.4 is 5.48 Å². The van der Waals surface area contributed by atoms with Gasteiger partial charge in [-0.15, -0.1) is 0 Å². The van der Waals surface area contributed by atoms with E-state index in [9.17, 15) is 9.59 Å². The molecule has 1 aliphatic rings. The molecule has 0 atom stereocenters. The molecule has 7 nitrogen and oxygen atoms in total. The predicted molar refractivity (Wildman–Crippen MR) is 79.4 cm³/mol. The van der Waals surface area contributed by atoms with E-state index in [1.807, 2.05) is 6.07 Å². The summed E-state index contributed by atoms with van der Waals surface area (Å²) in [6.45, 7) is 0.966. The summed E-state index contributed by atoms with van der Waals surface area (Å²) in [4.78, 5) is 29.1. The van der Waals surface area contributed by atoms with Gasteiger partial charge in [0, 0.05) is 36.6 Å². The van der Waals surface area contributed by atoms with E-state index in [2.05, 4.69) is 4.98 Å². The van der Waals surface area contributed by atoms with E-state index in [0.717, 1.165) is 16.7 Å². The molecule has 1 aromatic carbocycles. The van der Waals surface area contributed by atoms with E-state index in [1.165, 1.54) is 0 Å². The molecule has 0 unspecified atom stereocenters. The monoisotopic (exact) mass is 313 g/mol. The smallest absolute Gasteiger partial charge is 0.410 e. The zero-order valence-corrected chi connectivity index (χ0v) is 12.2. The second-order valence-corrected chi connectivity index (χ2v) is 5.20. The van der Waals surface area contributed by atoms with E-state index in [4.69, 9.17) is 9.94 Å². The molecule has 0 fully saturated rings. The fourth-order valence-electron chi connectivity index (χ4n) is 2.45. The fourth-order valence-corrected chi connectivity index (χ4v) is 2.45. The zero-order chi connectivity index (χ0) is 16.2. The first kappa shape index (κ1) is 15.0. The van der Waals surface area contributed by atoms with E-state index < -0.39 is 12.0 Å². The van der Waals surface area contributed by atoms with Crippen molar-refractivity contribution >= 4 is 12.0 Å². The van der Waals surface area contributed by atoms with Gasteiger partial charge in [-0.1, -0.05) is 12.1 Å². The number of amides is 2. The lowest BCUT2D eigenvalue weighted by Gasteiger charge is -2.15. The minimum absolute atomic E-state index is 0.164. The van der Waals surface area contributed by atoms with E-state index in [0.29, 0.717) is 18.7 Å². The van der Waals surface area contributed by atoms with Crippen LogP contribution in [-0.4, -0.2) is 27.1 Å². The molecule has 1 aliphatic heterocycles. The Morgan fingerprint density at radius 1 is 1.26 bits per heavy atom. The molecule has 2 amide bonds. The highest BCUT2D eigenvalue weighted by Gasteiger charge is 2.25. The molecule has 1 aromatic heterocycles. The van der Waals surface area contributed by atoms with E-state index >= 15 is 0 Å². The van der Waals surface area contributed by atoms with Crippen LogP contribution in [-0.2, 0) is 24.4 Å². The van der Waals surface area contributed by atoms with Gasteiger partial charge >= 0.3 is 6.09 Å². The van der Waals surface area contributed by atoms with Gasteiger partial charge in [-0.3, -0.25) is 19.9 Å². The molecule has 118 valence electrons. The Hall–Kier alpha value is -2.93. The second-order valence-electron chi connectivity index (χ2n) is 5.20. The highest BCUT2D eigenvalue weighted by atomic mass is 16.6. The van der Waals surface area contributed by atoms with Crippen LogP contribution in [0, 0.1) is 0 Å². The van der Waals surface area contributed by atoms with Crippen molar-refractivity contribution in [3.05, 3.63) is 65.0 Å². The van der Waals surface area contributed by atoms with Crippen molar-refractivity contribution in [3.63, 3.8) is 0 Å². The maximum absolute atomic E-state index is 12.1. The number of ether oxygens (including phenoxy) is 1. The summed E-state index contributed by atoms with van der Waals surface area (Å²) in [7, 11) is 0. The van der Waals surface area contributed by atoms with Gasteiger partial charge in [0.05, 0.1) is 0 Å². The quantitative estimate of drug-likeness (QED) is 0.666. The molecule has 3 rings (SSSR count). The standard InChI is InChI=1S/C16H15N3O4/c20-15(18-22)12-3-4-13-8-19(9-14(13)6-12)16(21)23-10-11-2-1-5-17-7-11/h1-7,22H,8-10H2,(H,18,20). The third-order valence-corrected chi connectivity index (χ3v) is 3.64. The number of nitrogens with one attached hydrogen (secondary N) is 1. The predicted octanol–water partition coefficient (Wildman–Crippen LogP) is 1.85. The number of hydroxylamine groups is 1. The summed E-state index contributed by atoms with van der Waals surface area (Å²) in [5.74, 6) is -0.578. The van der Waals surface area contributed by atoms with Gasteiger partial charge in [-0.25, -0.2) is 10.3 Å². The topological polar surface area (TPSA) is 91.8 Å². The molecule has 0 saturated carbocycles. The van der Waals surface area contributed by atoms with Crippen molar-refractivity contribution in [2.75, 3.05) is 0 Å². The Morgan fingerprint density at radius 2 is 2.09 bits per heavy atom. The maximum atomic E-state index is 12.1. The molecule has 23 heavy (non-hydrogen) atoms. The molecule has 0 saturated heterocycles. The molecular weight excluding hydrogens is 298 g/mol. The third-order valence-electron chi connectivity index (χ3n) is 3.64. The number of hydrogen-bond donors (Lipinski definition) is 2. The highest BCUT2D eigenvalue weighted by Crippen LogP contribution is 2.24. The van der Waals surface area contributed by atoms with Crippen LogP contribution in [0.5, 0.6) is 0 Å². The van der Waals surface area contributed by atoms with Gasteiger partial charge in [-0.2, -0.15) is 0 Å². The number of benzene rings is 1. The lowest BCUT2D eigenvalue weighted by Crippen LogP contribution is -2.26. The third kappa shape index (κ3) is 3.29. The zero-order valence-electron chi connectivity index (χ0n) is 12.2. The normalized spacial score (nSPS) is 12.7. The first-order valence-electron chi connectivity index (χ1n) is 7.04. The van der Waals surface area contributed by atoms with Gasteiger partial charge < -0.3 is 4.74 Å². The van der Waals surface area contributed by atoms with Crippen molar-refractivity contribution in [2.45, 2.75) is 19.7 Å². The average Bonchev–Trinajstić information content (AvgIpc) is 3.03. The van der Waals surface area contributed by atoms with Crippen LogP contribution in [0.15, 0.2) is 42.7 Å². The second kappa shape index (κ2) is 6.45. The van der Waals surface area contributed by atoms with Crippen molar-refractivity contribution in [2.24, 2.45) is 0 Å². The van der Waals surface area contributed by atoms with Gasteiger partial charge in [-0.05, 0) is 29.3 Å². The maximum Gasteiger partial charge on any atom is 0.410 e. The number of hydrogen-bond acceptors (Lipinski definition) is 5. The summed E-state index contributed by atoms with van der Waals surface area (Å²) in [5.41, 5.74) is 4.58. The largest absolute Gasteiger partial charge is 0.444 e. The molecule has 2 aromatic rings. The van der Waals surface area contributed by atoms with Crippen molar-refractivity contribution in [3.8, 4) is 0 Å². The van der Waals surface area contributed by atoms with Crippen LogP contribution >= 0.6 is 0 Å². The molecule has 0 radical (unpaired) electrons. The van der Waals surface area contributed by atoms with Gasteiger partial charge in [0.2, 0.25) is 0 Å². The minimum atomic E-state index is -0.578. The molecule has 2 N–H and O–H groups in total. The Bertz CT molecular complexity index is 733. The van der Waals surface area contributed by atoms with Crippen LogP contribution in [0.1, 0.15) is 27.0 Å². The molecular formula is C16H15N3O4. The average molecular weight is 313 g/mol. The van der Waals surface area contributed by atoms with Crippen LogP contribution in [0.4, 0.5) is 4.79 Å². The Balaban J connectivity index is 1.62. The fraction of sp³-hybridized carbons (Fsp3) is 0.188. The highest BCUT2D eigenvalue weighted by molar-refractivity contribution is 5.93. The Labute approximate surface area is 132 Å². The van der Waals surface area contributed by atoms with Gasteiger partial charge in [0.15, 0.2) is 0 Å². The number of carbonyl (C=O) groups is 2. The number of carbonyl (C=O) groups excluding carboxylic acids is 2. The molecule has 2 heterocycles. The van der Waals surface area contributed by atoms with Crippen LogP contribution in [0.2, 0.25) is 0 Å². The van der Waals surface area contributed by atoms with Crippen molar-refractivity contribution < 1.29 is 19.5 Å². The van der Waals surface area contributed by atoms with Crippen molar-refractivity contribution in [1.82, 2.24) is 15.4 Å². The van der Waals surface area contributed by atoms with Crippen LogP contribution in [0.3, 0.4) is 0 Å². The minimum Gasteiger partial charge on any atom is -0.444 e. The number of nitrogens with zero attached hydrogens (tertiary/aromatic N) is 2. The van der Waals surface area contributed by atoms with Gasteiger partial charge in [0.1, 0.15) is 6.61 Å². The number of rotatable bonds is 3.